The van der Waals surface area contributed by atoms with E-state index in [4.69, 9.17) is 4.99 Å². The lowest BCUT2D eigenvalue weighted by atomic mass is 9.90. The molecule has 1 aliphatic heterocycles. The van der Waals surface area contributed by atoms with Crippen LogP contribution >= 0.6 is 15.9 Å². The van der Waals surface area contributed by atoms with E-state index < -0.39 is 0 Å². The second-order valence-corrected chi connectivity index (χ2v) is 16.0. The quantitative estimate of drug-likeness (QED) is 0.180. The summed E-state index contributed by atoms with van der Waals surface area (Å²) in [6.45, 7) is 17.4. The highest BCUT2D eigenvalue weighted by atomic mass is 79.9. The van der Waals surface area contributed by atoms with Gasteiger partial charge in [-0.1, -0.05) is 95.1 Å². The van der Waals surface area contributed by atoms with Crippen molar-refractivity contribution in [1.82, 2.24) is 9.97 Å². The summed E-state index contributed by atoms with van der Waals surface area (Å²) in [5.74, 6) is 0. The first-order chi connectivity index (χ1) is 25.5. The number of benzene rings is 5. The van der Waals surface area contributed by atoms with Crippen LogP contribution in [0.3, 0.4) is 0 Å². The molecule has 0 bridgehead atoms. The third kappa shape index (κ3) is 6.33. The summed E-state index contributed by atoms with van der Waals surface area (Å²) in [6, 6.07) is 31.0. The monoisotopic (exact) mass is 755 g/mol. The largest absolute Gasteiger partial charge is 0.360 e. The standard InChI is InChI=1S/C31H27BrN2.C18H19N/c1-17-9-11-23-25(15-17)31(28-19(3)13-18(2)14-20(28)4)33-26(23)16-27-29(32)24-12-10-21-7-5-6-8-22(21)30(24)34-27;1-11-5-6-15-10-19-18(16(15)9-11)17-13(3)7-12(2)8-14(17)4/h5-9,11,13-16,34H,10,12H2,1-4H3;5-10,19H,1-4H3. The van der Waals surface area contributed by atoms with Crippen molar-refractivity contribution >= 4 is 44.2 Å². The van der Waals surface area contributed by atoms with Crippen LogP contribution in [0.25, 0.3) is 45.1 Å². The van der Waals surface area contributed by atoms with Crippen LogP contribution in [0.5, 0.6) is 0 Å². The molecular formula is C49H46BrN3. The summed E-state index contributed by atoms with van der Waals surface area (Å²) in [6.07, 6.45) is 6.43. The van der Waals surface area contributed by atoms with E-state index in [1.165, 1.54) is 106 Å². The highest BCUT2D eigenvalue weighted by Crippen LogP contribution is 2.42. The van der Waals surface area contributed by atoms with Crippen LogP contribution in [-0.2, 0) is 12.8 Å². The fraction of sp³-hybridized carbons (Fsp3) is 0.204. The summed E-state index contributed by atoms with van der Waals surface area (Å²) < 4.78 is 1.16. The van der Waals surface area contributed by atoms with Gasteiger partial charge in [0.05, 0.1) is 28.5 Å². The fourth-order valence-corrected chi connectivity index (χ4v) is 9.28. The van der Waals surface area contributed by atoms with Gasteiger partial charge in [0.2, 0.25) is 0 Å². The molecule has 0 saturated heterocycles. The third-order valence-electron chi connectivity index (χ3n) is 10.9. The molecule has 0 radical (unpaired) electrons. The SMILES string of the molecule is Cc1cc(C)c(-c2[nH]cc3ccc(C)cc23)c(C)c1.Cc1cc(C)c(C2=NC(=Cc3[nH]c4c(c3Br)CCc3ccccc3-4)c3ccc(C)cc32)c(C)c1. The molecule has 2 aromatic heterocycles. The number of hydrogen-bond donors (Lipinski definition) is 2. The van der Waals surface area contributed by atoms with E-state index in [2.05, 4.69) is 178 Å². The number of rotatable bonds is 3. The number of nitrogens with one attached hydrogen (secondary N) is 2. The lowest BCUT2D eigenvalue weighted by molar-refractivity contribution is 0.938. The second kappa shape index (κ2) is 13.7. The van der Waals surface area contributed by atoms with Gasteiger partial charge in [-0.05, 0) is 141 Å². The Morgan fingerprint density at radius 3 is 1.96 bits per heavy atom. The summed E-state index contributed by atoms with van der Waals surface area (Å²) >= 11 is 3.91. The van der Waals surface area contributed by atoms with Gasteiger partial charge in [0.1, 0.15) is 0 Å². The van der Waals surface area contributed by atoms with E-state index >= 15 is 0 Å². The van der Waals surface area contributed by atoms with Crippen LogP contribution in [-0.4, -0.2) is 15.7 Å². The Morgan fingerprint density at radius 2 is 1.25 bits per heavy atom. The van der Waals surface area contributed by atoms with Crippen molar-refractivity contribution in [2.24, 2.45) is 4.99 Å². The van der Waals surface area contributed by atoms with E-state index in [0.717, 1.165) is 34.4 Å². The lowest BCUT2D eigenvalue weighted by Gasteiger charge is -2.16. The summed E-state index contributed by atoms with van der Waals surface area (Å²) in [5.41, 5.74) is 25.1. The van der Waals surface area contributed by atoms with Gasteiger partial charge in [0.15, 0.2) is 0 Å². The first-order valence-corrected chi connectivity index (χ1v) is 19.4. The molecule has 2 N–H and O–H groups in total. The Kier molecular flexibility index (Phi) is 8.99. The second-order valence-electron chi connectivity index (χ2n) is 15.2. The van der Waals surface area contributed by atoms with E-state index in [1.54, 1.807) is 0 Å². The van der Waals surface area contributed by atoms with Gasteiger partial charge in [0.25, 0.3) is 0 Å². The van der Waals surface area contributed by atoms with Crippen LogP contribution in [0.4, 0.5) is 0 Å². The molecule has 4 heteroatoms. The van der Waals surface area contributed by atoms with Crippen LogP contribution in [0.15, 0.2) is 101 Å². The molecule has 2 aliphatic rings. The van der Waals surface area contributed by atoms with Gasteiger partial charge in [0, 0.05) is 43.9 Å². The van der Waals surface area contributed by atoms with Crippen LogP contribution in [0.1, 0.15) is 78.0 Å². The number of H-pyrrole nitrogens is 2. The molecule has 9 rings (SSSR count). The van der Waals surface area contributed by atoms with E-state index in [1.807, 2.05) is 0 Å². The number of aliphatic imine (C=N–C) groups is 1. The third-order valence-corrected chi connectivity index (χ3v) is 11.8. The average molecular weight is 757 g/mol. The van der Waals surface area contributed by atoms with Crippen molar-refractivity contribution < 1.29 is 0 Å². The zero-order valence-corrected chi connectivity index (χ0v) is 33.6. The molecule has 0 saturated carbocycles. The molecule has 53 heavy (non-hydrogen) atoms. The highest BCUT2D eigenvalue weighted by molar-refractivity contribution is 9.10. The predicted molar refractivity (Wildman–Crippen MR) is 229 cm³/mol. The maximum atomic E-state index is 5.24. The first-order valence-electron chi connectivity index (χ1n) is 18.6. The molecule has 7 aromatic rings. The topological polar surface area (TPSA) is 43.9 Å². The predicted octanol–water partition coefficient (Wildman–Crippen LogP) is 13.2. The summed E-state index contributed by atoms with van der Waals surface area (Å²) in [5, 5.41) is 2.59. The molecular weight excluding hydrogens is 710 g/mol. The highest BCUT2D eigenvalue weighted by Gasteiger charge is 2.26. The molecule has 1 aliphatic carbocycles. The number of hydrogen-bond acceptors (Lipinski definition) is 1. The Hall–Kier alpha value is -5.19. The van der Waals surface area contributed by atoms with E-state index in [0.29, 0.717) is 0 Å². The van der Waals surface area contributed by atoms with Crippen LogP contribution in [0.2, 0.25) is 0 Å². The molecule has 0 unspecified atom stereocenters. The number of nitrogens with zero attached hydrogens (tertiary/aromatic N) is 1. The van der Waals surface area contributed by atoms with Crippen LogP contribution in [0, 0.1) is 55.4 Å². The van der Waals surface area contributed by atoms with Crippen molar-refractivity contribution in [3.63, 3.8) is 0 Å². The minimum absolute atomic E-state index is 1.01. The van der Waals surface area contributed by atoms with Crippen molar-refractivity contribution in [1.29, 1.82) is 0 Å². The molecule has 0 spiro atoms. The van der Waals surface area contributed by atoms with Crippen LogP contribution < -0.4 is 0 Å². The Labute approximate surface area is 322 Å². The summed E-state index contributed by atoms with van der Waals surface area (Å²) in [7, 11) is 0. The maximum absolute atomic E-state index is 5.24. The molecule has 264 valence electrons. The minimum atomic E-state index is 1.01. The molecule has 0 amide bonds. The Bertz CT molecular complexity index is 2610. The molecule has 5 aromatic carbocycles. The zero-order chi connectivity index (χ0) is 37.1. The number of aryl methyl sites for hydroxylation is 9. The fourth-order valence-electron chi connectivity index (χ4n) is 8.67. The Morgan fingerprint density at radius 1 is 0.604 bits per heavy atom. The van der Waals surface area contributed by atoms with Crippen molar-refractivity contribution in [3.05, 3.63) is 174 Å². The normalized spacial score (nSPS) is 13.8. The van der Waals surface area contributed by atoms with Gasteiger partial charge >= 0.3 is 0 Å². The Balaban J connectivity index is 0.000000178. The number of aromatic amines is 2. The smallest absolute Gasteiger partial charge is 0.0794 e. The molecule has 3 nitrogen and oxygen atoms in total. The van der Waals surface area contributed by atoms with Crippen molar-refractivity contribution in [2.45, 2.75) is 68.2 Å². The maximum Gasteiger partial charge on any atom is 0.0794 e. The van der Waals surface area contributed by atoms with Gasteiger partial charge in [-0.2, -0.15) is 0 Å². The van der Waals surface area contributed by atoms with Crippen molar-refractivity contribution in [2.75, 3.05) is 0 Å². The van der Waals surface area contributed by atoms with Gasteiger partial charge in [-0.3, -0.25) is 0 Å². The van der Waals surface area contributed by atoms with E-state index in [9.17, 15) is 0 Å². The lowest BCUT2D eigenvalue weighted by Crippen LogP contribution is -2.06. The number of halogens is 1. The molecule has 0 atom stereocenters. The molecule has 3 heterocycles. The molecule has 0 fully saturated rings. The summed E-state index contributed by atoms with van der Waals surface area (Å²) in [4.78, 5) is 12.4. The van der Waals surface area contributed by atoms with Gasteiger partial charge < -0.3 is 9.97 Å². The first kappa shape index (κ1) is 34.9. The average Bonchev–Trinajstić information content (AvgIpc) is 3.77. The van der Waals surface area contributed by atoms with E-state index in [-0.39, 0.29) is 0 Å². The zero-order valence-electron chi connectivity index (χ0n) is 32.0. The minimum Gasteiger partial charge on any atom is -0.360 e. The van der Waals surface area contributed by atoms with Gasteiger partial charge in [-0.15, -0.1) is 0 Å². The number of fused-ring (bicyclic) bond motifs is 5. The number of aromatic nitrogens is 2. The van der Waals surface area contributed by atoms with Gasteiger partial charge in [-0.25, -0.2) is 4.99 Å². The van der Waals surface area contributed by atoms with Crippen molar-refractivity contribution in [3.8, 4) is 22.5 Å².